The van der Waals surface area contributed by atoms with Crippen molar-refractivity contribution in [3.8, 4) is 0 Å². The third-order valence-electron chi connectivity index (χ3n) is 3.00. The molecule has 116 valence electrons. The first-order chi connectivity index (χ1) is 11.0. The van der Waals surface area contributed by atoms with Gasteiger partial charge in [0.25, 0.3) is 5.91 Å². The molecule has 7 heteroatoms. The highest BCUT2D eigenvalue weighted by Crippen LogP contribution is 2.21. The second-order valence-electron chi connectivity index (χ2n) is 4.55. The largest absolute Gasteiger partial charge is 0.478 e. The molecule has 0 spiro atoms. The quantitative estimate of drug-likeness (QED) is 0.639. The van der Waals surface area contributed by atoms with Crippen molar-refractivity contribution in [2.24, 2.45) is 4.99 Å². The highest BCUT2D eigenvalue weighted by Gasteiger charge is 2.13. The number of carboxylic acid groups (broad SMARTS) is 1. The number of hydrogen-bond donors (Lipinski definition) is 2. The Bertz CT molecular complexity index is 817. The van der Waals surface area contributed by atoms with E-state index in [0.29, 0.717) is 11.6 Å². The van der Waals surface area contributed by atoms with Crippen molar-refractivity contribution in [3.63, 3.8) is 0 Å². The van der Waals surface area contributed by atoms with Gasteiger partial charge >= 0.3 is 5.97 Å². The number of carbonyl (C=O) groups is 2. The summed E-state index contributed by atoms with van der Waals surface area (Å²) in [5.74, 6) is -1.51. The molecule has 0 aliphatic rings. The lowest BCUT2D eigenvalue weighted by atomic mass is 10.1. The van der Waals surface area contributed by atoms with Crippen LogP contribution in [-0.4, -0.2) is 22.1 Å². The first-order valence-electron chi connectivity index (χ1n) is 6.49. The number of aromatic carboxylic acids is 1. The van der Waals surface area contributed by atoms with Gasteiger partial charge in [-0.25, -0.2) is 4.79 Å². The molecule has 23 heavy (non-hydrogen) atoms. The summed E-state index contributed by atoms with van der Waals surface area (Å²) in [4.78, 5) is 26.9. The second kappa shape index (κ2) is 7.65. The Morgan fingerprint density at radius 2 is 2.04 bits per heavy atom. The highest BCUT2D eigenvalue weighted by atomic mass is 35.5. The maximum atomic E-state index is 12.2. The van der Waals surface area contributed by atoms with Gasteiger partial charge in [-0.3, -0.25) is 4.79 Å². The fourth-order valence-electron chi connectivity index (χ4n) is 1.93. The lowest BCUT2D eigenvalue weighted by Crippen LogP contribution is -2.22. The van der Waals surface area contributed by atoms with E-state index in [1.54, 1.807) is 18.2 Å². The highest BCUT2D eigenvalue weighted by molar-refractivity contribution is 7.78. The smallest absolute Gasteiger partial charge is 0.337 e. The van der Waals surface area contributed by atoms with Crippen LogP contribution in [0.4, 0.5) is 5.69 Å². The number of hydrogen-bond acceptors (Lipinski definition) is 4. The van der Waals surface area contributed by atoms with Gasteiger partial charge in [0.2, 0.25) is 0 Å². The molecule has 0 fully saturated rings. The standard InChI is InChI=1S/C16H11ClN2O3S/c17-12-3-1-2-10(6-12)8-18-15(20)11-4-5-13(16(21)22)14(7-11)19-9-23/h1-7H,8H2,(H,18,20)(H,21,22). The molecule has 0 atom stereocenters. The lowest BCUT2D eigenvalue weighted by Gasteiger charge is -2.07. The average molecular weight is 347 g/mol. The zero-order valence-corrected chi connectivity index (χ0v) is 13.3. The van der Waals surface area contributed by atoms with Crippen LogP contribution in [0.1, 0.15) is 26.3 Å². The number of halogens is 1. The minimum Gasteiger partial charge on any atom is -0.478 e. The molecule has 0 unspecified atom stereocenters. The molecule has 0 bridgehead atoms. The number of thiocarbonyl (C=S) groups is 1. The number of amides is 1. The summed E-state index contributed by atoms with van der Waals surface area (Å²) in [5, 5.41) is 14.5. The average Bonchev–Trinajstić information content (AvgIpc) is 2.52. The molecule has 0 heterocycles. The molecule has 2 aromatic carbocycles. The lowest BCUT2D eigenvalue weighted by molar-refractivity contribution is 0.0697. The molecule has 2 rings (SSSR count). The van der Waals surface area contributed by atoms with E-state index in [9.17, 15) is 9.59 Å². The number of aliphatic imine (C=N–C) groups is 1. The zero-order chi connectivity index (χ0) is 16.8. The monoisotopic (exact) mass is 346 g/mol. The van der Waals surface area contributed by atoms with E-state index >= 15 is 0 Å². The summed E-state index contributed by atoms with van der Waals surface area (Å²) in [5.41, 5.74) is 1.17. The molecule has 0 saturated heterocycles. The van der Waals surface area contributed by atoms with Crippen LogP contribution < -0.4 is 5.32 Å². The van der Waals surface area contributed by atoms with Crippen molar-refractivity contribution < 1.29 is 14.7 Å². The molecular formula is C16H11ClN2O3S. The fraction of sp³-hybridized carbons (Fsp3) is 0.0625. The van der Waals surface area contributed by atoms with Gasteiger partial charge in [-0.05, 0) is 48.1 Å². The summed E-state index contributed by atoms with van der Waals surface area (Å²) < 4.78 is 0. The van der Waals surface area contributed by atoms with E-state index in [-0.39, 0.29) is 22.7 Å². The molecule has 2 aromatic rings. The number of rotatable bonds is 5. The van der Waals surface area contributed by atoms with Gasteiger partial charge in [0.15, 0.2) is 0 Å². The number of isothiocyanates is 1. The van der Waals surface area contributed by atoms with Crippen molar-refractivity contribution in [2.45, 2.75) is 6.54 Å². The number of nitrogens with zero attached hydrogens (tertiary/aromatic N) is 1. The third kappa shape index (κ3) is 4.47. The van der Waals surface area contributed by atoms with Crippen LogP contribution >= 0.6 is 23.8 Å². The number of carbonyl (C=O) groups excluding carboxylic acids is 1. The van der Waals surface area contributed by atoms with Gasteiger partial charge in [0.05, 0.1) is 16.4 Å². The van der Waals surface area contributed by atoms with E-state index < -0.39 is 5.97 Å². The van der Waals surface area contributed by atoms with Gasteiger partial charge in [-0.2, -0.15) is 4.99 Å². The van der Waals surface area contributed by atoms with Gasteiger partial charge < -0.3 is 10.4 Å². The van der Waals surface area contributed by atoms with Crippen LogP contribution in [0.5, 0.6) is 0 Å². The van der Waals surface area contributed by atoms with Crippen LogP contribution in [0.25, 0.3) is 0 Å². The number of benzene rings is 2. The van der Waals surface area contributed by atoms with Crippen molar-refractivity contribution in [1.82, 2.24) is 5.32 Å². The molecule has 0 aliphatic heterocycles. The van der Waals surface area contributed by atoms with Crippen LogP contribution in [0.15, 0.2) is 47.5 Å². The van der Waals surface area contributed by atoms with Crippen molar-refractivity contribution in [3.05, 3.63) is 64.2 Å². The zero-order valence-electron chi connectivity index (χ0n) is 11.7. The Kier molecular flexibility index (Phi) is 5.60. The number of nitrogens with one attached hydrogen (secondary N) is 1. The molecule has 0 radical (unpaired) electrons. The van der Waals surface area contributed by atoms with E-state index in [1.165, 1.54) is 18.2 Å². The maximum Gasteiger partial charge on any atom is 0.337 e. The first-order valence-corrected chi connectivity index (χ1v) is 7.27. The van der Waals surface area contributed by atoms with Crippen LogP contribution in [0.2, 0.25) is 5.02 Å². The maximum absolute atomic E-state index is 12.2. The predicted octanol–water partition coefficient (Wildman–Crippen LogP) is 3.70. The summed E-state index contributed by atoms with van der Waals surface area (Å²) >= 11 is 10.4. The SMILES string of the molecule is O=C(NCc1cccc(Cl)c1)c1ccc(C(=O)O)c(N=C=S)c1. The van der Waals surface area contributed by atoms with Crippen molar-refractivity contribution >= 4 is 46.5 Å². The Hall–Kier alpha value is -2.53. The van der Waals surface area contributed by atoms with Gasteiger partial charge in [0, 0.05) is 17.1 Å². The predicted molar refractivity (Wildman–Crippen MR) is 90.7 cm³/mol. The van der Waals surface area contributed by atoms with Gasteiger partial charge in [-0.1, -0.05) is 23.7 Å². The van der Waals surface area contributed by atoms with E-state index in [4.69, 9.17) is 16.7 Å². The Morgan fingerprint density at radius 1 is 1.26 bits per heavy atom. The molecule has 0 aromatic heterocycles. The van der Waals surface area contributed by atoms with Crippen LogP contribution in [0.3, 0.4) is 0 Å². The van der Waals surface area contributed by atoms with Gasteiger partial charge in [-0.15, -0.1) is 0 Å². The summed E-state index contributed by atoms with van der Waals surface area (Å²) in [6, 6.07) is 11.2. The molecule has 1 amide bonds. The van der Waals surface area contributed by atoms with Crippen LogP contribution in [-0.2, 0) is 6.54 Å². The van der Waals surface area contributed by atoms with Crippen LogP contribution in [0, 0.1) is 0 Å². The minimum atomic E-state index is -1.15. The minimum absolute atomic E-state index is 0.0475. The molecule has 2 N–H and O–H groups in total. The molecule has 0 saturated carbocycles. The summed E-state index contributed by atoms with van der Waals surface area (Å²) in [6.45, 7) is 0.297. The fourth-order valence-corrected chi connectivity index (χ4v) is 2.24. The summed E-state index contributed by atoms with van der Waals surface area (Å²) in [6.07, 6.45) is 0. The molecule has 5 nitrogen and oxygen atoms in total. The Morgan fingerprint density at radius 3 is 2.70 bits per heavy atom. The Balaban J connectivity index is 2.17. The second-order valence-corrected chi connectivity index (χ2v) is 5.17. The van der Waals surface area contributed by atoms with Crippen molar-refractivity contribution in [1.29, 1.82) is 0 Å². The number of carboxylic acids is 1. The summed E-state index contributed by atoms with van der Waals surface area (Å²) in [7, 11) is 0. The van der Waals surface area contributed by atoms with E-state index in [0.717, 1.165) is 5.56 Å². The van der Waals surface area contributed by atoms with Crippen molar-refractivity contribution in [2.75, 3.05) is 0 Å². The van der Waals surface area contributed by atoms with Gasteiger partial charge in [0.1, 0.15) is 0 Å². The Labute approximate surface area is 142 Å². The molecule has 0 aliphatic carbocycles. The van der Waals surface area contributed by atoms with E-state index in [2.05, 4.69) is 27.7 Å². The third-order valence-corrected chi connectivity index (χ3v) is 3.32. The van der Waals surface area contributed by atoms with E-state index in [1.807, 2.05) is 6.07 Å². The normalized spacial score (nSPS) is 9.78. The first kappa shape index (κ1) is 16.8. The molecular weight excluding hydrogens is 336 g/mol. The topological polar surface area (TPSA) is 78.8 Å².